The molecule has 0 aliphatic carbocycles. The SMILES string of the molecule is CCC(Cl)c1cn(CC2CSc3ccccc32)nn1. The molecule has 19 heavy (non-hydrogen) atoms. The zero-order valence-corrected chi connectivity index (χ0v) is 12.4. The Kier molecular flexibility index (Phi) is 3.80. The second-order valence-electron chi connectivity index (χ2n) is 4.79. The zero-order chi connectivity index (χ0) is 13.2. The molecule has 1 aromatic carbocycles. The highest BCUT2D eigenvalue weighted by Crippen LogP contribution is 2.39. The van der Waals surface area contributed by atoms with E-state index >= 15 is 0 Å². The fraction of sp³-hybridized carbons (Fsp3) is 0.429. The van der Waals surface area contributed by atoms with E-state index in [1.807, 2.05) is 22.6 Å². The minimum absolute atomic E-state index is 0.0287. The van der Waals surface area contributed by atoms with Crippen molar-refractivity contribution in [1.29, 1.82) is 0 Å². The first-order valence-corrected chi connectivity index (χ1v) is 7.96. The quantitative estimate of drug-likeness (QED) is 0.802. The van der Waals surface area contributed by atoms with Gasteiger partial charge in [0.2, 0.25) is 0 Å². The summed E-state index contributed by atoms with van der Waals surface area (Å²) in [5.74, 6) is 1.64. The van der Waals surface area contributed by atoms with E-state index in [1.165, 1.54) is 10.5 Å². The monoisotopic (exact) mass is 293 g/mol. The Morgan fingerprint density at radius 3 is 3.16 bits per heavy atom. The molecule has 0 bridgehead atoms. The van der Waals surface area contributed by atoms with Gasteiger partial charge in [-0.15, -0.1) is 28.5 Å². The van der Waals surface area contributed by atoms with Gasteiger partial charge in [-0.3, -0.25) is 4.68 Å². The summed E-state index contributed by atoms with van der Waals surface area (Å²) in [5.41, 5.74) is 2.31. The van der Waals surface area contributed by atoms with E-state index in [0.29, 0.717) is 5.92 Å². The lowest BCUT2D eigenvalue weighted by Gasteiger charge is -2.09. The second-order valence-corrected chi connectivity index (χ2v) is 6.38. The third kappa shape index (κ3) is 2.65. The molecule has 1 aliphatic rings. The van der Waals surface area contributed by atoms with Crippen LogP contribution < -0.4 is 0 Å². The molecule has 100 valence electrons. The average molecular weight is 294 g/mol. The number of thioether (sulfide) groups is 1. The predicted molar refractivity (Wildman–Crippen MR) is 78.8 cm³/mol. The Morgan fingerprint density at radius 1 is 1.47 bits per heavy atom. The minimum atomic E-state index is -0.0287. The Labute approximate surface area is 122 Å². The van der Waals surface area contributed by atoms with E-state index in [-0.39, 0.29) is 5.38 Å². The first kappa shape index (κ1) is 13.0. The van der Waals surface area contributed by atoms with Gasteiger partial charge in [-0.05, 0) is 18.1 Å². The lowest BCUT2D eigenvalue weighted by molar-refractivity contribution is 0.532. The molecule has 0 saturated heterocycles. The van der Waals surface area contributed by atoms with E-state index in [9.17, 15) is 0 Å². The standard InChI is InChI=1S/C14H16ClN3S/c1-2-12(15)13-8-18(17-16-13)7-10-9-19-14-6-4-3-5-11(10)14/h3-6,8,10,12H,2,7,9H2,1H3. The number of fused-ring (bicyclic) bond motifs is 1. The first-order valence-electron chi connectivity index (χ1n) is 6.53. The number of aromatic nitrogens is 3. The number of nitrogens with zero attached hydrogens (tertiary/aromatic N) is 3. The van der Waals surface area contributed by atoms with Crippen molar-refractivity contribution in [2.24, 2.45) is 0 Å². The van der Waals surface area contributed by atoms with Gasteiger partial charge in [-0.1, -0.05) is 30.3 Å². The van der Waals surface area contributed by atoms with Crippen molar-refractivity contribution < 1.29 is 0 Å². The van der Waals surface area contributed by atoms with Crippen molar-refractivity contribution in [2.45, 2.75) is 36.1 Å². The van der Waals surface area contributed by atoms with Crippen LogP contribution in [-0.4, -0.2) is 20.7 Å². The van der Waals surface area contributed by atoms with Crippen LogP contribution in [0.1, 0.15) is 35.9 Å². The summed E-state index contributed by atoms with van der Waals surface area (Å²) in [7, 11) is 0. The van der Waals surface area contributed by atoms with Crippen molar-refractivity contribution >= 4 is 23.4 Å². The summed E-state index contributed by atoms with van der Waals surface area (Å²) in [6, 6.07) is 8.62. The lowest BCUT2D eigenvalue weighted by Crippen LogP contribution is -2.09. The number of alkyl halides is 1. The van der Waals surface area contributed by atoms with Crippen molar-refractivity contribution in [3.05, 3.63) is 41.7 Å². The van der Waals surface area contributed by atoms with Crippen molar-refractivity contribution in [1.82, 2.24) is 15.0 Å². The number of hydrogen-bond acceptors (Lipinski definition) is 3. The van der Waals surface area contributed by atoms with Crippen LogP contribution in [0, 0.1) is 0 Å². The van der Waals surface area contributed by atoms with E-state index in [2.05, 4.69) is 41.5 Å². The Morgan fingerprint density at radius 2 is 2.32 bits per heavy atom. The molecule has 1 aliphatic heterocycles. The second kappa shape index (κ2) is 5.55. The minimum Gasteiger partial charge on any atom is -0.252 e. The van der Waals surface area contributed by atoms with E-state index in [0.717, 1.165) is 24.4 Å². The van der Waals surface area contributed by atoms with Crippen LogP contribution in [0.15, 0.2) is 35.4 Å². The van der Waals surface area contributed by atoms with Gasteiger partial charge in [0, 0.05) is 22.8 Å². The van der Waals surface area contributed by atoms with Gasteiger partial charge < -0.3 is 0 Å². The topological polar surface area (TPSA) is 30.7 Å². The highest BCUT2D eigenvalue weighted by molar-refractivity contribution is 7.99. The summed E-state index contributed by atoms with van der Waals surface area (Å²) >= 11 is 8.11. The van der Waals surface area contributed by atoms with Gasteiger partial charge in [-0.25, -0.2) is 0 Å². The van der Waals surface area contributed by atoms with Gasteiger partial charge in [-0.2, -0.15) is 0 Å². The zero-order valence-electron chi connectivity index (χ0n) is 10.8. The van der Waals surface area contributed by atoms with Crippen LogP contribution in [-0.2, 0) is 6.54 Å². The summed E-state index contributed by atoms with van der Waals surface area (Å²) in [6.07, 6.45) is 2.86. The Bertz CT molecular complexity index is 569. The van der Waals surface area contributed by atoms with Gasteiger partial charge >= 0.3 is 0 Å². The fourth-order valence-corrected chi connectivity index (χ4v) is 3.70. The lowest BCUT2D eigenvalue weighted by atomic mass is 10.0. The predicted octanol–water partition coefficient (Wildman–Crippen LogP) is 3.86. The largest absolute Gasteiger partial charge is 0.252 e. The van der Waals surface area contributed by atoms with Gasteiger partial charge in [0.1, 0.15) is 5.69 Å². The number of halogens is 1. The maximum atomic E-state index is 6.18. The van der Waals surface area contributed by atoms with Crippen molar-refractivity contribution in [3.63, 3.8) is 0 Å². The molecular weight excluding hydrogens is 278 g/mol. The normalized spacial score (nSPS) is 19.4. The summed E-state index contributed by atoms with van der Waals surface area (Å²) in [4.78, 5) is 1.40. The molecule has 2 aromatic rings. The van der Waals surface area contributed by atoms with E-state index < -0.39 is 0 Å². The molecule has 3 nitrogen and oxygen atoms in total. The third-order valence-corrected chi connectivity index (χ3v) is 5.23. The first-order chi connectivity index (χ1) is 9.28. The molecule has 0 fully saturated rings. The van der Waals surface area contributed by atoms with Gasteiger partial charge in [0.05, 0.1) is 11.9 Å². The molecule has 5 heteroatoms. The van der Waals surface area contributed by atoms with Crippen molar-refractivity contribution in [3.8, 4) is 0 Å². The maximum Gasteiger partial charge on any atom is 0.100 e. The molecule has 1 aromatic heterocycles. The van der Waals surface area contributed by atoms with E-state index in [1.54, 1.807) is 0 Å². The van der Waals surface area contributed by atoms with Crippen LogP contribution in [0.4, 0.5) is 0 Å². The molecule has 0 amide bonds. The average Bonchev–Trinajstić information content (AvgIpc) is 3.06. The maximum absolute atomic E-state index is 6.18. The van der Waals surface area contributed by atoms with Crippen molar-refractivity contribution in [2.75, 3.05) is 5.75 Å². The number of benzene rings is 1. The highest BCUT2D eigenvalue weighted by Gasteiger charge is 2.23. The summed E-state index contributed by atoms with van der Waals surface area (Å²) in [6.45, 7) is 2.94. The van der Waals surface area contributed by atoms with Gasteiger partial charge in [0.15, 0.2) is 0 Å². The highest BCUT2D eigenvalue weighted by atomic mass is 35.5. The third-order valence-electron chi connectivity index (χ3n) is 3.44. The molecular formula is C14H16ClN3S. The van der Waals surface area contributed by atoms with Crippen LogP contribution in [0.25, 0.3) is 0 Å². The Hall–Kier alpha value is -1.00. The Balaban J connectivity index is 1.74. The molecule has 0 saturated carbocycles. The van der Waals surface area contributed by atoms with Crippen LogP contribution in [0.2, 0.25) is 0 Å². The summed E-state index contributed by atoms with van der Waals surface area (Å²) in [5, 5.41) is 8.33. The fourth-order valence-electron chi connectivity index (χ4n) is 2.36. The molecule has 0 N–H and O–H groups in total. The smallest absolute Gasteiger partial charge is 0.100 e. The molecule has 2 unspecified atom stereocenters. The molecule has 2 atom stereocenters. The van der Waals surface area contributed by atoms with Crippen LogP contribution in [0.5, 0.6) is 0 Å². The number of hydrogen-bond donors (Lipinski definition) is 0. The molecule has 2 heterocycles. The number of rotatable bonds is 4. The molecule has 0 radical (unpaired) electrons. The van der Waals surface area contributed by atoms with Crippen LogP contribution >= 0.6 is 23.4 Å². The molecule has 0 spiro atoms. The molecule has 3 rings (SSSR count). The van der Waals surface area contributed by atoms with Crippen LogP contribution in [0.3, 0.4) is 0 Å². The van der Waals surface area contributed by atoms with Gasteiger partial charge in [0.25, 0.3) is 0 Å². The summed E-state index contributed by atoms with van der Waals surface area (Å²) < 4.78 is 1.92. The van der Waals surface area contributed by atoms with E-state index in [4.69, 9.17) is 11.6 Å².